The molecule has 26 heavy (non-hydrogen) atoms. The van der Waals surface area contributed by atoms with Gasteiger partial charge in [-0.15, -0.1) is 0 Å². The lowest BCUT2D eigenvalue weighted by Crippen LogP contribution is -2.31. The van der Waals surface area contributed by atoms with E-state index in [-0.39, 0.29) is 0 Å². The van der Waals surface area contributed by atoms with Gasteiger partial charge in [-0.25, -0.2) is 4.98 Å². The quantitative estimate of drug-likeness (QED) is 0.895. The molecule has 130 valence electrons. The molecule has 1 atom stereocenters. The third kappa shape index (κ3) is 2.86. The highest BCUT2D eigenvalue weighted by Gasteiger charge is 2.21. The number of anilines is 2. The van der Waals surface area contributed by atoms with E-state index in [1.807, 2.05) is 18.5 Å². The summed E-state index contributed by atoms with van der Waals surface area (Å²) in [6, 6.07) is 10.7. The van der Waals surface area contributed by atoms with Crippen LogP contribution < -0.4 is 15.5 Å². The molecule has 5 rings (SSSR count). The van der Waals surface area contributed by atoms with Crippen LogP contribution in [0.4, 0.5) is 11.8 Å². The second-order valence-electron chi connectivity index (χ2n) is 6.93. The molecule has 2 N–H and O–H groups in total. The summed E-state index contributed by atoms with van der Waals surface area (Å²) in [5.74, 6) is 2.08. The largest absolute Gasteiger partial charge is 0.365 e. The first kappa shape index (κ1) is 15.2. The zero-order chi connectivity index (χ0) is 17.3. The summed E-state index contributed by atoms with van der Waals surface area (Å²) in [6.45, 7) is 1.89. The molecule has 1 unspecified atom stereocenters. The van der Waals surface area contributed by atoms with Gasteiger partial charge in [-0.1, -0.05) is 30.3 Å². The highest BCUT2D eigenvalue weighted by molar-refractivity contribution is 5.49. The first-order chi connectivity index (χ1) is 12.8. The van der Waals surface area contributed by atoms with Gasteiger partial charge in [0.05, 0.1) is 0 Å². The van der Waals surface area contributed by atoms with Gasteiger partial charge in [0.2, 0.25) is 5.95 Å². The highest BCUT2D eigenvalue weighted by atomic mass is 15.2. The molecule has 2 aliphatic heterocycles. The minimum atomic E-state index is 0.435. The van der Waals surface area contributed by atoms with Crippen molar-refractivity contribution < 1.29 is 0 Å². The summed E-state index contributed by atoms with van der Waals surface area (Å²) in [6.07, 6.45) is 12.3. The van der Waals surface area contributed by atoms with Crippen molar-refractivity contribution in [3.8, 4) is 0 Å². The van der Waals surface area contributed by atoms with Crippen LogP contribution in [0.25, 0.3) is 0 Å². The van der Waals surface area contributed by atoms with Gasteiger partial charge in [0.1, 0.15) is 5.82 Å². The van der Waals surface area contributed by atoms with E-state index in [2.05, 4.69) is 63.0 Å². The van der Waals surface area contributed by atoms with E-state index in [0.29, 0.717) is 11.9 Å². The van der Waals surface area contributed by atoms with E-state index in [1.165, 1.54) is 16.8 Å². The third-order valence-electron chi connectivity index (χ3n) is 5.25. The number of nitrogens with zero attached hydrogens (tertiary/aromatic N) is 3. The number of aromatic nitrogens is 2. The molecule has 0 saturated carbocycles. The molecule has 0 saturated heterocycles. The van der Waals surface area contributed by atoms with Crippen LogP contribution in [0.5, 0.6) is 0 Å². The third-order valence-corrected chi connectivity index (χ3v) is 5.25. The first-order valence-electron chi connectivity index (χ1n) is 9.11. The number of fused-ring (bicyclic) bond motifs is 2. The Labute approximate surface area is 153 Å². The lowest BCUT2D eigenvalue weighted by molar-refractivity contribution is 0.716. The Bertz CT molecular complexity index is 928. The lowest BCUT2D eigenvalue weighted by atomic mass is 9.96. The molecule has 5 heteroatoms. The standard InChI is InChI=1S/C21H21N5/c1-2-4-17-14-26(12-9-15(17)3-1)20-8-11-23-21(25-20)24-18-5-6-19-16(13-18)7-10-22-19/h1-8,10-11,16,22H,9,12-14H2,(H,23,24,25). The zero-order valence-corrected chi connectivity index (χ0v) is 14.5. The predicted octanol–water partition coefficient (Wildman–Crippen LogP) is 3.36. The van der Waals surface area contributed by atoms with Crippen LogP contribution in [-0.4, -0.2) is 16.5 Å². The Morgan fingerprint density at radius 1 is 1.12 bits per heavy atom. The highest BCUT2D eigenvalue weighted by Crippen LogP contribution is 2.29. The minimum Gasteiger partial charge on any atom is -0.365 e. The number of nitrogens with one attached hydrogen (secondary N) is 2. The van der Waals surface area contributed by atoms with Crippen LogP contribution in [0, 0.1) is 5.92 Å². The summed E-state index contributed by atoms with van der Waals surface area (Å²) < 4.78 is 0. The van der Waals surface area contributed by atoms with E-state index in [1.54, 1.807) is 0 Å². The van der Waals surface area contributed by atoms with Crippen molar-refractivity contribution in [2.45, 2.75) is 19.4 Å². The summed E-state index contributed by atoms with van der Waals surface area (Å²) in [4.78, 5) is 11.5. The van der Waals surface area contributed by atoms with Gasteiger partial charge >= 0.3 is 0 Å². The Morgan fingerprint density at radius 2 is 2.04 bits per heavy atom. The van der Waals surface area contributed by atoms with E-state index in [9.17, 15) is 0 Å². The summed E-state index contributed by atoms with van der Waals surface area (Å²) >= 11 is 0. The zero-order valence-electron chi connectivity index (χ0n) is 14.5. The molecule has 0 radical (unpaired) electrons. The Morgan fingerprint density at radius 3 is 3.00 bits per heavy atom. The second-order valence-corrected chi connectivity index (χ2v) is 6.93. The summed E-state index contributed by atoms with van der Waals surface area (Å²) in [7, 11) is 0. The van der Waals surface area contributed by atoms with Crippen molar-refractivity contribution in [3.63, 3.8) is 0 Å². The molecule has 0 spiro atoms. The fraction of sp³-hybridized carbons (Fsp3) is 0.238. The van der Waals surface area contributed by atoms with Gasteiger partial charge < -0.3 is 15.5 Å². The van der Waals surface area contributed by atoms with Crippen molar-refractivity contribution in [3.05, 3.63) is 83.5 Å². The molecule has 5 nitrogen and oxygen atoms in total. The molecule has 0 amide bonds. The Hall–Kier alpha value is -3.08. The van der Waals surface area contributed by atoms with Crippen LogP contribution in [-0.2, 0) is 13.0 Å². The van der Waals surface area contributed by atoms with Gasteiger partial charge in [-0.05, 0) is 48.4 Å². The van der Waals surface area contributed by atoms with Crippen LogP contribution >= 0.6 is 0 Å². The summed E-state index contributed by atoms with van der Waals surface area (Å²) in [5.41, 5.74) is 5.25. The molecular weight excluding hydrogens is 322 g/mol. The van der Waals surface area contributed by atoms with E-state index < -0.39 is 0 Å². The van der Waals surface area contributed by atoms with E-state index in [4.69, 9.17) is 4.98 Å². The number of benzene rings is 1. The maximum atomic E-state index is 4.76. The fourth-order valence-electron chi connectivity index (χ4n) is 3.83. The first-order valence-corrected chi connectivity index (χ1v) is 9.11. The molecular formula is C21H21N5. The Kier molecular flexibility index (Phi) is 3.70. The average molecular weight is 343 g/mol. The van der Waals surface area contributed by atoms with E-state index >= 15 is 0 Å². The number of hydrogen-bond acceptors (Lipinski definition) is 5. The molecule has 3 heterocycles. The Balaban J connectivity index is 1.33. The van der Waals surface area contributed by atoms with Crippen molar-refractivity contribution in [2.75, 3.05) is 16.8 Å². The van der Waals surface area contributed by atoms with Crippen molar-refractivity contribution in [2.24, 2.45) is 5.92 Å². The van der Waals surface area contributed by atoms with Crippen LogP contribution in [0.3, 0.4) is 0 Å². The van der Waals surface area contributed by atoms with Crippen molar-refractivity contribution in [1.29, 1.82) is 0 Å². The lowest BCUT2D eigenvalue weighted by Gasteiger charge is -2.30. The second kappa shape index (κ2) is 6.33. The maximum Gasteiger partial charge on any atom is 0.228 e. The fourth-order valence-corrected chi connectivity index (χ4v) is 3.83. The van der Waals surface area contributed by atoms with Crippen molar-refractivity contribution >= 4 is 11.8 Å². The number of hydrogen-bond donors (Lipinski definition) is 2. The van der Waals surface area contributed by atoms with Crippen LogP contribution in [0.2, 0.25) is 0 Å². The van der Waals surface area contributed by atoms with Gasteiger partial charge in [0.25, 0.3) is 0 Å². The van der Waals surface area contributed by atoms with Gasteiger partial charge in [-0.3, -0.25) is 0 Å². The molecule has 2 aromatic rings. The molecule has 1 aromatic heterocycles. The summed E-state index contributed by atoms with van der Waals surface area (Å²) in [5, 5.41) is 6.67. The van der Waals surface area contributed by atoms with Gasteiger partial charge in [0, 0.05) is 36.6 Å². The molecule has 3 aliphatic rings. The molecule has 1 aromatic carbocycles. The predicted molar refractivity (Wildman–Crippen MR) is 103 cm³/mol. The van der Waals surface area contributed by atoms with E-state index in [0.717, 1.165) is 37.4 Å². The van der Waals surface area contributed by atoms with Crippen molar-refractivity contribution in [1.82, 2.24) is 15.3 Å². The van der Waals surface area contributed by atoms with Crippen LogP contribution in [0.15, 0.2) is 72.4 Å². The van der Waals surface area contributed by atoms with Gasteiger partial charge in [-0.2, -0.15) is 4.98 Å². The van der Waals surface area contributed by atoms with Gasteiger partial charge in [0.15, 0.2) is 0 Å². The van der Waals surface area contributed by atoms with Crippen LogP contribution in [0.1, 0.15) is 17.5 Å². The molecule has 0 bridgehead atoms. The molecule has 1 aliphatic carbocycles. The maximum absolute atomic E-state index is 4.76. The molecule has 0 fully saturated rings. The average Bonchev–Trinajstić information content (AvgIpc) is 3.16. The SMILES string of the molecule is C1=CC2CC(Nc3nccc(N4CCc5ccccc5C4)n3)=CC=C2N1. The topological polar surface area (TPSA) is 53.1 Å². The number of rotatable bonds is 3. The minimum absolute atomic E-state index is 0.435. The monoisotopic (exact) mass is 343 g/mol. The smallest absolute Gasteiger partial charge is 0.228 e. The normalized spacial score (nSPS) is 20.6. The number of allylic oxidation sites excluding steroid dienone is 4.